The molecule has 1 aromatic heterocycles. The number of carbonyl (C=O) groups excluding carboxylic acids is 1. The number of aryl methyl sites for hydroxylation is 1. The molecule has 0 spiro atoms. The van der Waals surface area contributed by atoms with Gasteiger partial charge in [0, 0.05) is 29.3 Å². The van der Waals surface area contributed by atoms with Crippen LogP contribution in [0.15, 0.2) is 16.6 Å². The highest BCUT2D eigenvalue weighted by Gasteiger charge is 2.37. The van der Waals surface area contributed by atoms with Gasteiger partial charge in [-0.2, -0.15) is 5.10 Å². The highest BCUT2D eigenvalue weighted by atomic mass is 79.9. The van der Waals surface area contributed by atoms with Crippen molar-refractivity contribution in [3.63, 3.8) is 0 Å². The number of methoxy groups -OCH3 is 1. The van der Waals surface area contributed by atoms with Crippen molar-refractivity contribution in [2.24, 2.45) is 0 Å². The topological polar surface area (TPSA) is 67.5 Å². The minimum absolute atomic E-state index is 0.00979. The number of H-pyrrole nitrogens is 1. The normalized spacial score (nSPS) is 18.1. The first-order valence-corrected chi connectivity index (χ1v) is 9.99. The zero-order chi connectivity index (χ0) is 19.2. The number of aromatic amines is 1. The van der Waals surface area contributed by atoms with E-state index in [1.807, 2.05) is 18.7 Å². The van der Waals surface area contributed by atoms with Crippen molar-refractivity contribution in [2.45, 2.75) is 38.8 Å². The van der Waals surface area contributed by atoms with E-state index in [0.29, 0.717) is 32.1 Å². The van der Waals surface area contributed by atoms with E-state index in [-0.39, 0.29) is 11.4 Å². The first-order chi connectivity index (χ1) is 12.9. The number of halogens is 1. The number of hydrogen-bond acceptors (Lipinski definition) is 4. The molecule has 1 aliphatic heterocycles. The van der Waals surface area contributed by atoms with Crippen LogP contribution in [0, 0.1) is 0 Å². The number of morpholine rings is 1. The average molecular weight is 434 g/mol. The number of aromatic nitrogens is 2. The summed E-state index contributed by atoms with van der Waals surface area (Å²) in [6.07, 6.45) is 1.69. The summed E-state index contributed by atoms with van der Waals surface area (Å²) in [4.78, 5) is 15.1. The Kier molecular flexibility index (Phi) is 4.86. The van der Waals surface area contributed by atoms with E-state index >= 15 is 0 Å². The molecule has 1 saturated heterocycles. The molecule has 0 radical (unpaired) electrons. The van der Waals surface area contributed by atoms with Crippen molar-refractivity contribution >= 4 is 21.8 Å². The number of amides is 1. The summed E-state index contributed by atoms with van der Waals surface area (Å²) < 4.78 is 11.8. The number of nitrogens with one attached hydrogen (secondary N) is 1. The fraction of sp³-hybridized carbons (Fsp3) is 0.500. The van der Waals surface area contributed by atoms with Gasteiger partial charge < -0.3 is 14.4 Å². The minimum atomic E-state index is -0.321. The van der Waals surface area contributed by atoms with Gasteiger partial charge >= 0.3 is 0 Å². The second-order valence-corrected chi connectivity index (χ2v) is 8.64. The molecule has 1 N–H and O–H groups in total. The molecule has 1 fully saturated rings. The predicted molar refractivity (Wildman–Crippen MR) is 106 cm³/mol. The van der Waals surface area contributed by atoms with Crippen LogP contribution in [0.5, 0.6) is 0 Å². The predicted octanol–water partition coefficient (Wildman–Crippen LogP) is 3.34. The molecule has 0 bridgehead atoms. The maximum absolute atomic E-state index is 13.2. The van der Waals surface area contributed by atoms with Crippen LogP contribution in [0.2, 0.25) is 0 Å². The second-order valence-electron chi connectivity index (χ2n) is 7.78. The molecule has 1 aromatic carbocycles. The first kappa shape index (κ1) is 18.7. The number of nitrogens with zero attached hydrogens (tertiary/aromatic N) is 2. The van der Waals surface area contributed by atoms with E-state index in [4.69, 9.17) is 9.47 Å². The van der Waals surface area contributed by atoms with E-state index in [1.165, 1.54) is 5.56 Å². The Morgan fingerprint density at radius 2 is 2.22 bits per heavy atom. The summed E-state index contributed by atoms with van der Waals surface area (Å²) in [5, 5.41) is 7.55. The lowest BCUT2D eigenvalue weighted by molar-refractivity contribution is -0.0373. The van der Waals surface area contributed by atoms with E-state index < -0.39 is 0 Å². The van der Waals surface area contributed by atoms with Gasteiger partial charge in [0.05, 0.1) is 31.1 Å². The van der Waals surface area contributed by atoms with Crippen LogP contribution in [0.4, 0.5) is 0 Å². The standard InChI is InChI=1S/C20H24BrN3O3/c1-20(2)11-27-7-6-24(20)19(25)18-14-5-4-12-8-13(10-26-3)16(21)9-15(12)17(14)22-23-18/h8-9H,4-7,10-11H2,1-3H3,(H,22,23). The van der Waals surface area contributed by atoms with Gasteiger partial charge in [-0.25, -0.2) is 0 Å². The maximum Gasteiger partial charge on any atom is 0.272 e. The Balaban J connectivity index is 1.71. The fourth-order valence-corrected chi connectivity index (χ4v) is 4.46. The largest absolute Gasteiger partial charge is 0.380 e. The van der Waals surface area contributed by atoms with Crippen molar-refractivity contribution in [1.29, 1.82) is 0 Å². The zero-order valence-electron chi connectivity index (χ0n) is 15.9. The van der Waals surface area contributed by atoms with Crippen molar-refractivity contribution < 1.29 is 14.3 Å². The van der Waals surface area contributed by atoms with Crippen molar-refractivity contribution in [1.82, 2.24) is 15.1 Å². The molecule has 2 aliphatic rings. The van der Waals surface area contributed by atoms with Crippen molar-refractivity contribution in [2.75, 3.05) is 26.9 Å². The van der Waals surface area contributed by atoms with Gasteiger partial charge in [-0.3, -0.25) is 9.89 Å². The number of rotatable bonds is 3. The molecule has 0 saturated carbocycles. The summed E-state index contributed by atoms with van der Waals surface area (Å²) in [5.41, 5.74) is 5.65. The van der Waals surface area contributed by atoms with Crippen LogP contribution >= 0.6 is 15.9 Å². The lowest BCUT2D eigenvalue weighted by Crippen LogP contribution is -2.55. The Hall–Kier alpha value is -1.70. The quantitative estimate of drug-likeness (QED) is 0.805. The van der Waals surface area contributed by atoms with Gasteiger partial charge in [0.1, 0.15) is 5.69 Å². The van der Waals surface area contributed by atoms with Gasteiger partial charge in [-0.1, -0.05) is 22.0 Å². The average Bonchev–Trinajstić information content (AvgIpc) is 3.06. The molecule has 1 aliphatic carbocycles. The molecular weight excluding hydrogens is 410 g/mol. The molecule has 144 valence electrons. The van der Waals surface area contributed by atoms with E-state index in [1.54, 1.807) is 7.11 Å². The Bertz CT molecular complexity index is 891. The SMILES string of the molecule is COCc1cc2c(cc1Br)-c1n[nH]c(C(=O)N3CCOCC3(C)C)c1CC2. The molecule has 6 nitrogen and oxygen atoms in total. The molecule has 1 amide bonds. The third kappa shape index (κ3) is 3.22. The lowest BCUT2D eigenvalue weighted by atomic mass is 9.87. The van der Waals surface area contributed by atoms with Gasteiger partial charge in [-0.05, 0) is 43.9 Å². The number of carbonyl (C=O) groups is 1. The highest BCUT2D eigenvalue weighted by Crippen LogP contribution is 2.37. The number of hydrogen-bond donors (Lipinski definition) is 1. The van der Waals surface area contributed by atoms with Crippen LogP contribution in [0.3, 0.4) is 0 Å². The van der Waals surface area contributed by atoms with Gasteiger partial charge in [0.15, 0.2) is 0 Å². The van der Waals surface area contributed by atoms with Crippen molar-refractivity contribution in [3.05, 3.63) is 39.0 Å². The molecule has 4 rings (SSSR count). The summed E-state index contributed by atoms with van der Waals surface area (Å²) in [5.74, 6) is 0.00979. The number of ether oxygens (including phenoxy) is 2. The first-order valence-electron chi connectivity index (χ1n) is 9.20. The summed E-state index contributed by atoms with van der Waals surface area (Å²) in [7, 11) is 1.70. The number of benzene rings is 1. The molecular formula is C20H24BrN3O3. The minimum Gasteiger partial charge on any atom is -0.380 e. The molecule has 2 heterocycles. The van der Waals surface area contributed by atoms with E-state index in [2.05, 4.69) is 38.3 Å². The third-order valence-corrected chi connectivity index (χ3v) is 6.18. The van der Waals surface area contributed by atoms with Crippen LogP contribution in [-0.2, 0) is 28.9 Å². The van der Waals surface area contributed by atoms with Crippen LogP contribution in [0.1, 0.15) is 41.0 Å². The van der Waals surface area contributed by atoms with Crippen LogP contribution in [-0.4, -0.2) is 53.4 Å². The number of fused-ring (bicyclic) bond motifs is 3. The second kappa shape index (κ2) is 7.04. The Labute approximate surface area is 167 Å². The zero-order valence-corrected chi connectivity index (χ0v) is 17.5. The summed E-state index contributed by atoms with van der Waals surface area (Å²) in [6, 6.07) is 4.27. The van der Waals surface area contributed by atoms with E-state index in [0.717, 1.165) is 39.7 Å². The van der Waals surface area contributed by atoms with E-state index in [9.17, 15) is 4.79 Å². The third-order valence-electron chi connectivity index (χ3n) is 5.44. The van der Waals surface area contributed by atoms with Gasteiger partial charge in [0.25, 0.3) is 5.91 Å². The Morgan fingerprint density at radius 3 is 2.96 bits per heavy atom. The summed E-state index contributed by atoms with van der Waals surface area (Å²) >= 11 is 3.63. The molecule has 7 heteroatoms. The fourth-order valence-electron chi connectivity index (χ4n) is 4.00. The van der Waals surface area contributed by atoms with Crippen molar-refractivity contribution in [3.8, 4) is 11.3 Å². The molecule has 0 unspecified atom stereocenters. The maximum atomic E-state index is 13.2. The molecule has 27 heavy (non-hydrogen) atoms. The highest BCUT2D eigenvalue weighted by molar-refractivity contribution is 9.10. The van der Waals surface area contributed by atoms with Gasteiger partial charge in [0.2, 0.25) is 0 Å². The lowest BCUT2D eigenvalue weighted by Gasteiger charge is -2.42. The summed E-state index contributed by atoms with van der Waals surface area (Å²) in [6.45, 7) is 6.36. The smallest absolute Gasteiger partial charge is 0.272 e. The van der Waals surface area contributed by atoms with Gasteiger partial charge in [-0.15, -0.1) is 0 Å². The monoisotopic (exact) mass is 433 g/mol. The molecule has 0 atom stereocenters. The Morgan fingerprint density at radius 1 is 1.41 bits per heavy atom. The molecule has 2 aromatic rings. The van der Waals surface area contributed by atoms with Crippen LogP contribution in [0.25, 0.3) is 11.3 Å². The van der Waals surface area contributed by atoms with Crippen LogP contribution < -0.4 is 0 Å².